The van der Waals surface area contributed by atoms with Gasteiger partial charge in [-0.3, -0.25) is 9.59 Å². The minimum atomic E-state index is -0.644. The van der Waals surface area contributed by atoms with E-state index in [1.807, 2.05) is 30.3 Å². The number of hydrogen-bond donors (Lipinski definition) is 0. The average Bonchev–Trinajstić information content (AvgIpc) is 3.45. The number of furan rings is 1. The normalized spacial score (nSPS) is 13.3. The van der Waals surface area contributed by atoms with Crippen molar-refractivity contribution in [2.45, 2.75) is 6.61 Å². The lowest BCUT2D eigenvalue weighted by molar-refractivity contribution is -0.154. The van der Waals surface area contributed by atoms with Crippen LogP contribution in [0.25, 0.3) is 0 Å². The summed E-state index contributed by atoms with van der Waals surface area (Å²) in [6.45, 7) is 1.25. The molecule has 0 spiro atoms. The first kappa shape index (κ1) is 23.9. The van der Waals surface area contributed by atoms with Gasteiger partial charge in [-0.15, -0.1) is 0 Å². The fraction of sp³-hybridized carbons (Fsp3) is 0.269. The second-order valence-corrected chi connectivity index (χ2v) is 7.85. The van der Waals surface area contributed by atoms with Crippen LogP contribution in [-0.2, 0) is 20.9 Å². The number of hydrogen-bond acceptors (Lipinski definition) is 7. The summed E-state index contributed by atoms with van der Waals surface area (Å²) in [5.41, 5.74) is 1.06. The minimum Gasteiger partial charge on any atom is -0.489 e. The maximum atomic E-state index is 12.4. The molecule has 0 unspecified atom stereocenters. The second kappa shape index (κ2) is 11.7. The van der Waals surface area contributed by atoms with Crippen LogP contribution in [0.3, 0.4) is 0 Å². The summed E-state index contributed by atoms with van der Waals surface area (Å²) in [5.74, 6) is 0.269. The fourth-order valence-corrected chi connectivity index (χ4v) is 3.51. The van der Waals surface area contributed by atoms with E-state index in [4.69, 9.17) is 18.6 Å². The van der Waals surface area contributed by atoms with E-state index in [1.165, 1.54) is 6.26 Å². The van der Waals surface area contributed by atoms with Gasteiger partial charge < -0.3 is 28.4 Å². The van der Waals surface area contributed by atoms with Crippen molar-refractivity contribution in [2.24, 2.45) is 0 Å². The largest absolute Gasteiger partial charge is 0.489 e. The van der Waals surface area contributed by atoms with Gasteiger partial charge in [0, 0.05) is 26.2 Å². The number of rotatable bonds is 9. The van der Waals surface area contributed by atoms with Gasteiger partial charge in [-0.05, 0) is 42.0 Å². The Balaban J connectivity index is 1.12. The van der Waals surface area contributed by atoms with Gasteiger partial charge in [0.15, 0.2) is 19.0 Å². The summed E-state index contributed by atoms with van der Waals surface area (Å²) in [5, 5.41) is 0. The summed E-state index contributed by atoms with van der Waals surface area (Å²) < 4.78 is 21.3. The molecule has 0 bridgehead atoms. The number of piperazine rings is 1. The van der Waals surface area contributed by atoms with Gasteiger partial charge in [0.2, 0.25) is 0 Å². The van der Waals surface area contributed by atoms with Crippen molar-refractivity contribution in [3.63, 3.8) is 0 Å². The van der Waals surface area contributed by atoms with Crippen LogP contribution in [-0.4, -0.2) is 67.0 Å². The summed E-state index contributed by atoms with van der Waals surface area (Å²) in [4.78, 5) is 39.8. The molecule has 4 rings (SSSR count). The van der Waals surface area contributed by atoms with E-state index in [2.05, 4.69) is 0 Å². The molecule has 1 fully saturated rings. The number of benzene rings is 2. The van der Waals surface area contributed by atoms with Crippen LogP contribution in [0.2, 0.25) is 0 Å². The minimum absolute atomic E-state index is 0.207. The first-order valence-corrected chi connectivity index (χ1v) is 11.2. The Morgan fingerprint density at radius 3 is 2.06 bits per heavy atom. The molecule has 1 aromatic heterocycles. The van der Waals surface area contributed by atoms with E-state index < -0.39 is 5.97 Å². The van der Waals surface area contributed by atoms with Crippen molar-refractivity contribution >= 4 is 17.8 Å². The van der Waals surface area contributed by atoms with Gasteiger partial charge in [0.25, 0.3) is 11.8 Å². The first-order valence-electron chi connectivity index (χ1n) is 11.2. The van der Waals surface area contributed by atoms with Crippen molar-refractivity contribution in [1.82, 2.24) is 9.80 Å². The summed E-state index contributed by atoms with van der Waals surface area (Å²) in [6.07, 6.45) is 1.45. The molecule has 3 aromatic rings. The summed E-state index contributed by atoms with van der Waals surface area (Å²) >= 11 is 0. The third-order valence-corrected chi connectivity index (χ3v) is 5.44. The van der Waals surface area contributed by atoms with Gasteiger partial charge in [0.1, 0.15) is 18.1 Å². The molecule has 0 radical (unpaired) electrons. The molecule has 0 N–H and O–H groups in total. The predicted octanol–water partition coefficient (Wildman–Crippen LogP) is 2.77. The van der Waals surface area contributed by atoms with Crippen molar-refractivity contribution in [3.8, 4) is 11.5 Å². The van der Waals surface area contributed by atoms with Crippen LogP contribution >= 0.6 is 0 Å². The standard InChI is InChI=1S/C26H26N2O7/c29-24(27-12-14-28(15-13-27)26(31)23-7-4-16-32-23)18-35-25(30)19-34-22-10-8-21(9-11-22)33-17-20-5-2-1-3-6-20/h1-11,16H,12-15,17-19H2. The molecule has 9 nitrogen and oxygen atoms in total. The topological polar surface area (TPSA) is 98.5 Å². The van der Waals surface area contributed by atoms with Crippen LogP contribution in [0.5, 0.6) is 11.5 Å². The van der Waals surface area contributed by atoms with Gasteiger partial charge in [-0.25, -0.2) is 4.79 Å². The lowest BCUT2D eigenvalue weighted by Crippen LogP contribution is -2.51. The van der Waals surface area contributed by atoms with E-state index >= 15 is 0 Å². The van der Waals surface area contributed by atoms with Crippen molar-refractivity contribution in [1.29, 1.82) is 0 Å². The second-order valence-electron chi connectivity index (χ2n) is 7.85. The molecule has 1 saturated heterocycles. The lowest BCUT2D eigenvalue weighted by atomic mass is 10.2. The smallest absolute Gasteiger partial charge is 0.344 e. The molecular formula is C26H26N2O7. The highest BCUT2D eigenvalue weighted by Gasteiger charge is 2.26. The van der Waals surface area contributed by atoms with Crippen molar-refractivity contribution in [3.05, 3.63) is 84.3 Å². The highest BCUT2D eigenvalue weighted by molar-refractivity contribution is 5.91. The van der Waals surface area contributed by atoms with Gasteiger partial charge in [-0.2, -0.15) is 0 Å². The number of carbonyl (C=O) groups excluding carboxylic acids is 3. The summed E-state index contributed by atoms with van der Waals surface area (Å²) in [7, 11) is 0. The van der Waals surface area contributed by atoms with Crippen LogP contribution in [0, 0.1) is 0 Å². The highest BCUT2D eigenvalue weighted by Crippen LogP contribution is 2.19. The molecule has 0 aliphatic carbocycles. The molecule has 0 saturated carbocycles. The van der Waals surface area contributed by atoms with Gasteiger partial charge in [0.05, 0.1) is 6.26 Å². The Kier molecular flexibility index (Phi) is 8.00. The zero-order chi connectivity index (χ0) is 24.5. The summed E-state index contributed by atoms with van der Waals surface area (Å²) in [6, 6.07) is 20.0. The molecule has 9 heteroatoms. The molecule has 2 amide bonds. The molecule has 1 aliphatic rings. The van der Waals surface area contributed by atoms with E-state index in [0.717, 1.165) is 5.56 Å². The van der Waals surface area contributed by atoms with Crippen molar-refractivity contribution in [2.75, 3.05) is 39.4 Å². The number of ether oxygens (including phenoxy) is 3. The zero-order valence-electron chi connectivity index (χ0n) is 19.1. The maximum Gasteiger partial charge on any atom is 0.344 e. The van der Waals surface area contributed by atoms with E-state index in [-0.39, 0.29) is 30.8 Å². The molecule has 2 aromatic carbocycles. The Morgan fingerprint density at radius 1 is 0.743 bits per heavy atom. The van der Waals surface area contributed by atoms with Crippen LogP contribution in [0.4, 0.5) is 0 Å². The highest BCUT2D eigenvalue weighted by atomic mass is 16.6. The molecular weight excluding hydrogens is 452 g/mol. The number of carbonyl (C=O) groups is 3. The fourth-order valence-electron chi connectivity index (χ4n) is 3.51. The monoisotopic (exact) mass is 478 g/mol. The third kappa shape index (κ3) is 6.86. The molecule has 1 aliphatic heterocycles. The van der Waals surface area contributed by atoms with E-state index in [1.54, 1.807) is 46.2 Å². The maximum absolute atomic E-state index is 12.4. The number of esters is 1. The lowest BCUT2D eigenvalue weighted by Gasteiger charge is -2.34. The van der Waals surface area contributed by atoms with Crippen LogP contribution < -0.4 is 9.47 Å². The Hall–Kier alpha value is -4.27. The Morgan fingerprint density at radius 2 is 1.40 bits per heavy atom. The van der Waals surface area contributed by atoms with E-state index in [9.17, 15) is 14.4 Å². The van der Waals surface area contributed by atoms with Crippen molar-refractivity contribution < 1.29 is 33.0 Å². The average molecular weight is 479 g/mol. The van der Waals surface area contributed by atoms with Crippen LogP contribution in [0.15, 0.2) is 77.4 Å². The van der Waals surface area contributed by atoms with Gasteiger partial charge >= 0.3 is 5.97 Å². The Bertz CT molecular complexity index is 1110. The predicted molar refractivity (Wildman–Crippen MR) is 125 cm³/mol. The van der Waals surface area contributed by atoms with Gasteiger partial charge in [-0.1, -0.05) is 30.3 Å². The molecule has 182 valence electrons. The zero-order valence-corrected chi connectivity index (χ0v) is 19.1. The quantitative estimate of drug-likeness (QED) is 0.436. The Labute approximate surface area is 202 Å². The number of amides is 2. The molecule has 0 atom stereocenters. The first-order chi connectivity index (χ1) is 17.1. The van der Waals surface area contributed by atoms with Crippen LogP contribution in [0.1, 0.15) is 16.1 Å². The third-order valence-electron chi connectivity index (χ3n) is 5.44. The number of nitrogens with zero attached hydrogens (tertiary/aromatic N) is 2. The molecule has 35 heavy (non-hydrogen) atoms. The van der Waals surface area contributed by atoms with E-state index in [0.29, 0.717) is 44.3 Å². The molecule has 2 heterocycles. The SMILES string of the molecule is O=C(COc1ccc(OCc2ccccc2)cc1)OCC(=O)N1CCN(C(=O)c2ccco2)CC1.